The Balaban J connectivity index is 2.26. The summed E-state index contributed by atoms with van der Waals surface area (Å²) in [4.78, 5) is 10.9. The maximum atomic E-state index is 10.9. The van der Waals surface area contributed by atoms with Gasteiger partial charge in [0.1, 0.15) is 11.5 Å². The molecule has 0 saturated carbocycles. The first-order chi connectivity index (χ1) is 11.1. The zero-order valence-corrected chi connectivity index (χ0v) is 12.9. The SMILES string of the molecule is COc1ccc(CC(C#N)c2ccc(C(=O)O)cc2)c(OC)c1. The van der Waals surface area contributed by atoms with Crippen molar-refractivity contribution in [1.82, 2.24) is 0 Å². The summed E-state index contributed by atoms with van der Waals surface area (Å²) in [6, 6.07) is 14.1. The minimum absolute atomic E-state index is 0.201. The van der Waals surface area contributed by atoms with Crippen LogP contribution in [0.15, 0.2) is 42.5 Å². The second kappa shape index (κ2) is 7.32. The third-order valence-electron chi connectivity index (χ3n) is 3.63. The van der Waals surface area contributed by atoms with Gasteiger partial charge in [0.15, 0.2) is 0 Å². The lowest BCUT2D eigenvalue weighted by Crippen LogP contribution is -2.04. The Labute approximate surface area is 134 Å². The van der Waals surface area contributed by atoms with E-state index in [2.05, 4.69) is 6.07 Å². The number of carboxylic acids is 1. The summed E-state index contributed by atoms with van der Waals surface area (Å²) in [5, 5.41) is 18.4. The summed E-state index contributed by atoms with van der Waals surface area (Å²) in [7, 11) is 3.15. The van der Waals surface area contributed by atoms with Gasteiger partial charge < -0.3 is 14.6 Å². The van der Waals surface area contributed by atoms with Gasteiger partial charge in [0.2, 0.25) is 0 Å². The fourth-order valence-corrected chi connectivity index (χ4v) is 2.34. The second-order valence-corrected chi connectivity index (χ2v) is 4.99. The molecule has 23 heavy (non-hydrogen) atoms. The Morgan fingerprint density at radius 2 is 1.87 bits per heavy atom. The second-order valence-electron chi connectivity index (χ2n) is 4.99. The number of carboxylic acid groups (broad SMARTS) is 1. The van der Waals surface area contributed by atoms with E-state index < -0.39 is 5.97 Å². The number of benzene rings is 2. The molecule has 0 aromatic heterocycles. The summed E-state index contributed by atoms with van der Waals surface area (Å²) in [5.74, 6) is -0.0290. The Bertz CT molecular complexity index is 732. The molecular formula is C18H17NO4. The third kappa shape index (κ3) is 3.80. The van der Waals surface area contributed by atoms with Gasteiger partial charge in [-0.1, -0.05) is 18.2 Å². The summed E-state index contributed by atoms with van der Waals surface area (Å²) in [6.45, 7) is 0. The third-order valence-corrected chi connectivity index (χ3v) is 3.63. The number of ether oxygens (including phenoxy) is 2. The molecule has 0 aliphatic rings. The highest BCUT2D eigenvalue weighted by atomic mass is 16.5. The largest absolute Gasteiger partial charge is 0.497 e. The van der Waals surface area contributed by atoms with Gasteiger partial charge in [-0.15, -0.1) is 0 Å². The highest BCUT2D eigenvalue weighted by Crippen LogP contribution is 2.29. The van der Waals surface area contributed by atoms with Gasteiger partial charge in [-0.05, 0) is 35.7 Å². The smallest absolute Gasteiger partial charge is 0.335 e. The number of aromatic carboxylic acids is 1. The molecule has 0 aliphatic heterocycles. The van der Waals surface area contributed by atoms with Crippen LogP contribution in [0.2, 0.25) is 0 Å². The predicted molar refractivity (Wildman–Crippen MR) is 85.0 cm³/mol. The van der Waals surface area contributed by atoms with Crippen molar-refractivity contribution in [1.29, 1.82) is 5.26 Å². The number of nitrogens with zero attached hydrogens (tertiary/aromatic N) is 1. The van der Waals surface area contributed by atoms with E-state index in [1.54, 1.807) is 32.4 Å². The molecule has 0 heterocycles. The van der Waals surface area contributed by atoms with Crippen LogP contribution in [0.1, 0.15) is 27.4 Å². The first-order valence-corrected chi connectivity index (χ1v) is 7.02. The van der Waals surface area contributed by atoms with E-state index in [1.165, 1.54) is 12.1 Å². The molecule has 2 rings (SSSR count). The molecule has 1 atom stereocenters. The van der Waals surface area contributed by atoms with Crippen LogP contribution in [0.25, 0.3) is 0 Å². The van der Waals surface area contributed by atoms with Crippen LogP contribution in [0.4, 0.5) is 0 Å². The van der Waals surface area contributed by atoms with E-state index in [4.69, 9.17) is 14.6 Å². The standard InChI is InChI=1S/C18H17NO4/c1-22-16-8-7-14(17(10-16)23-2)9-15(11-19)12-3-5-13(6-4-12)18(20)21/h3-8,10,15H,9H2,1-2H3,(H,20,21). The van der Waals surface area contributed by atoms with Gasteiger partial charge in [0.05, 0.1) is 31.8 Å². The lowest BCUT2D eigenvalue weighted by atomic mass is 9.92. The van der Waals surface area contributed by atoms with E-state index in [0.717, 1.165) is 11.1 Å². The highest BCUT2D eigenvalue weighted by molar-refractivity contribution is 5.87. The Kier molecular flexibility index (Phi) is 5.21. The van der Waals surface area contributed by atoms with Crippen LogP contribution in [0.3, 0.4) is 0 Å². The molecule has 1 N–H and O–H groups in total. The fraction of sp³-hybridized carbons (Fsp3) is 0.222. The molecule has 0 bridgehead atoms. The topological polar surface area (TPSA) is 79.5 Å². The van der Waals surface area contributed by atoms with E-state index in [9.17, 15) is 10.1 Å². The van der Waals surface area contributed by atoms with E-state index >= 15 is 0 Å². The number of rotatable bonds is 6. The Morgan fingerprint density at radius 3 is 2.39 bits per heavy atom. The molecule has 118 valence electrons. The molecular weight excluding hydrogens is 294 g/mol. The predicted octanol–water partition coefficient (Wildman–Crippen LogP) is 3.25. The quantitative estimate of drug-likeness (QED) is 0.885. The van der Waals surface area contributed by atoms with Crippen molar-refractivity contribution < 1.29 is 19.4 Å². The average molecular weight is 311 g/mol. The van der Waals surface area contributed by atoms with Crippen molar-refractivity contribution in [2.75, 3.05) is 14.2 Å². The molecule has 0 radical (unpaired) electrons. The highest BCUT2D eigenvalue weighted by Gasteiger charge is 2.15. The van der Waals surface area contributed by atoms with Crippen molar-refractivity contribution in [2.45, 2.75) is 12.3 Å². The van der Waals surface area contributed by atoms with Crippen LogP contribution in [-0.4, -0.2) is 25.3 Å². The molecule has 0 saturated heterocycles. The monoisotopic (exact) mass is 311 g/mol. The van der Waals surface area contributed by atoms with Gasteiger partial charge in [-0.3, -0.25) is 0 Å². The fourth-order valence-electron chi connectivity index (χ4n) is 2.34. The normalized spacial score (nSPS) is 11.3. The molecule has 2 aromatic rings. The van der Waals surface area contributed by atoms with E-state index in [1.807, 2.05) is 12.1 Å². The summed E-state index contributed by atoms with van der Waals surface area (Å²) in [5.41, 5.74) is 1.87. The van der Waals surface area contributed by atoms with Crippen LogP contribution in [-0.2, 0) is 6.42 Å². The van der Waals surface area contributed by atoms with Gasteiger partial charge in [-0.25, -0.2) is 4.79 Å². The van der Waals surface area contributed by atoms with Gasteiger partial charge >= 0.3 is 5.97 Å². The number of carbonyl (C=O) groups is 1. The summed E-state index contributed by atoms with van der Waals surface area (Å²) < 4.78 is 10.5. The van der Waals surface area contributed by atoms with E-state index in [0.29, 0.717) is 17.9 Å². The average Bonchev–Trinajstić information content (AvgIpc) is 2.59. The number of nitriles is 1. The zero-order chi connectivity index (χ0) is 16.8. The van der Waals surface area contributed by atoms with Crippen LogP contribution in [0, 0.1) is 11.3 Å². The Morgan fingerprint density at radius 1 is 1.17 bits per heavy atom. The first kappa shape index (κ1) is 16.4. The molecule has 1 unspecified atom stereocenters. The summed E-state index contributed by atoms with van der Waals surface area (Å²) in [6.07, 6.45) is 0.468. The van der Waals surface area contributed by atoms with Crippen LogP contribution < -0.4 is 9.47 Å². The minimum Gasteiger partial charge on any atom is -0.497 e. The molecule has 0 spiro atoms. The molecule has 5 nitrogen and oxygen atoms in total. The lowest BCUT2D eigenvalue weighted by molar-refractivity contribution is 0.0697. The van der Waals surface area contributed by atoms with Gasteiger partial charge in [-0.2, -0.15) is 5.26 Å². The van der Waals surface area contributed by atoms with Crippen LogP contribution in [0.5, 0.6) is 11.5 Å². The van der Waals surface area contributed by atoms with Crippen LogP contribution >= 0.6 is 0 Å². The zero-order valence-electron chi connectivity index (χ0n) is 12.9. The van der Waals surface area contributed by atoms with Gasteiger partial charge in [0.25, 0.3) is 0 Å². The van der Waals surface area contributed by atoms with E-state index in [-0.39, 0.29) is 11.5 Å². The first-order valence-electron chi connectivity index (χ1n) is 7.02. The van der Waals surface area contributed by atoms with Crippen molar-refractivity contribution >= 4 is 5.97 Å². The van der Waals surface area contributed by atoms with Crippen molar-refractivity contribution in [3.8, 4) is 17.6 Å². The lowest BCUT2D eigenvalue weighted by Gasteiger charge is -2.14. The van der Waals surface area contributed by atoms with Gasteiger partial charge in [0, 0.05) is 6.07 Å². The number of hydrogen-bond donors (Lipinski definition) is 1. The van der Waals surface area contributed by atoms with Crippen molar-refractivity contribution in [2.24, 2.45) is 0 Å². The molecule has 0 amide bonds. The maximum Gasteiger partial charge on any atom is 0.335 e. The molecule has 0 aliphatic carbocycles. The molecule has 2 aromatic carbocycles. The van der Waals surface area contributed by atoms with Crippen molar-refractivity contribution in [3.05, 3.63) is 59.2 Å². The minimum atomic E-state index is -0.984. The summed E-state index contributed by atoms with van der Waals surface area (Å²) >= 11 is 0. The Hall–Kier alpha value is -3.00. The molecule has 0 fully saturated rings. The maximum absolute atomic E-state index is 10.9. The number of hydrogen-bond acceptors (Lipinski definition) is 4. The number of methoxy groups -OCH3 is 2. The molecule has 5 heteroatoms. The van der Waals surface area contributed by atoms with Crippen molar-refractivity contribution in [3.63, 3.8) is 0 Å².